The summed E-state index contributed by atoms with van der Waals surface area (Å²) in [6, 6.07) is 7.36. The van der Waals surface area contributed by atoms with Gasteiger partial charge in [0.15, 0.2) is 17.3 Å². The van der Waals surface area contributed by atoms with Crippen molar-refractivity contribution < 1.29 is 19.0 Å². The molecule has 0 spiro atoms. The van der Waals surface area contributed by atoms with Crippen LogP contribution in [0.3, 0.4) is 0 Å². The summed E-state index contributed by atoms with van der Waals surface area (Å²) < 4.78 is 17.7. The fourth-order valence-corrected chi connectivity index (χ4v) is 3.18. The van der Waals surface area contributed by atoms with Crippen LogP contribution in [0.4, 0.5) is 0 Å². The standard InChI is InChI=1S/C21H25BrO4/c1-6-7-12-26-20-15(9-11-17(24-4)21(20)25-5)19(23)18-13(2)8-10-16(22)14(18)3/h8-11H,6-7,12H2,1-5H3. The lowest BCUT2D eigenvalue weighted by molar-refractivity contribution is 0.103. The molecular weight excluding hydrogens is 396 g/mol. The van der Waals surface area contributed by atoms with Crippen LogP contribution in [0.1, 0.15) is 46.8 Å². The van der Waals surface area contributed by atoms with Crippen molar-refractivity contribution in [1.29, 1.82) is 0 Å². The molecule has 0 radical (unpaired) electrons. The molecule has 0 aliphatic rings. The Labute approximate surface area is 163 Å². The molecule has 0 amide bonds. The fraction of sp³-hybridized carbons (Fsp3) is 0.381. The van der Waals surface area contributed by atoms with Gasteiger partial charge in [0.2, 0.25) is 5.75 Å². The molecule has 0 aliphatic heterocycles. The summed E-state index contributed by atoms with van der Waals surface area (Å²) in [7, 11) is 3.12. The van der Waals surface area contributed by atoms with Crippen LogP contribution >= 0.6 is 15.9 Å². The van der Waals surface area contributed by atoms with Gasteiger partial charge in [-0.3, -0.25) is 4.79 Å². The largest absolute Gasteiger partial charge is 0.493 e. The van der Waals surface area contributed by atoms with Crippen molar-refractivity contribution in [3.05, 3.63) is 51.0 Å². The second kappa shape index (κ2) is 9.08. The smallest absolute Gasteiger partial charge is 0.204 e. The molecule has 0 saturated heterocycles. The summed E-state index contributed by atoms with van der Waals surface area (Å²) in [5.74, 6) is 1.33. The highest BCUT2D eigenvalue weighted by Crippen LogP contribution is 2.41. The fourth-order valence-electron chi connectivity index (χ4n) is 2.85. The molecule has 140 valence electrons. The van der Waals surface area contributed by atoms with Crippen LogP contribution in [0.25, 0.3) is 0 Å². The first-order valence-corrected chi connectivity index (χ1v) is 9.43. The molecule has 2 aromatic carbocycles. The first-order valence-electron chi connectivity index (χ1n) is 8.64. The van der Waals surface area contributed by atoms with Crippen molar-refractivity contribution in [2.75, 3.05) is 20.8 Å². The number of unbranched alkanes of at least 4 members (excludes halogenated alkanes) is 1. The molecular formula is C21H25BrO4. The second-order valence-electron chi connectivity index (χ2n) is 6.07. The topological polar surface area (TPSA) is 44.8 Å². The van der Waals surface area contributed by atoms with Crippen LogP contribution in [-0.4, -0.2) is 26.6 Å². The Morgan fingerprint density at radius 1 is 1.04 bits per heavy atom. The Morgan fingerprint density at radius 2 is 1.77 bits per heavy atom. The van der Waals surface area contributed by atoms with Crippen molar-refractivity contribution in [2.45, 2.75) is 33.6 Å². The number of halogens is 1. The van der Waals surface area contributed by atoms with Gasteiger partial charge in [0.25, 0.3) is 0 Å². The zero-order valence-electron chi connectivity index (χ0n) is 15.9. The summed E-state index contributed by atoms with van der Waals surface area (Å²) >= 11 is 3.51. The Hall–Kier alpha value is -2.01. The number of methoxy groups -OCH3 is 2. The lowest BCUT2D eigenvalue weighted by Gasteiger charge is -2.18. The van der Waals surface area contributed by atoms with Crippen LogP contribution in [0.2, 0.25) is 0 Å². The lowest BCUT2D eigenvalue weighted by atomic mass is 9.94. The van der Waals surface area contributed by atoms with E-state index in [1.54, 1.807) is 26.4 Å². The van der Waals surface area contributed by atoms with Crippen LogP contribution < -0.4 is 14.2 Å². The van der Waals surface area contributed by atoms with E-state index in [9.17, 15) is 4.79 Å². The molecule has 26 heavy (non-hydrogen) atoms. The van der Waals surface area contributed by atoms with Gasteiger partial charge in [0.05, 0.1) is 26.4 Å². The number of rotatable bonds is 8. The van der Waals surface area contributed by atoms with Gasteiger partial charge in [0, 0.05) is 10.0 Å². The maximum absolute atomic E-state index is 13.4. The molecule has 2 rings (SSSR count). The third kappa shape index (κ3) is 4.04. The van der Waals surface area contributed by atoms with Crippen LogP contribution in [0.5, 0.6) is 17.2 Å². The monoisotopic (exact) mass is 420 g/mol. The number of hydrogen-bond donors (Lipinski definition) is 0. The van der Waals surface area contributed by atoms with Gasteiger partial charge in [-0.05, 0) is 49.6 Å². The zero-order valence-corrected chi connectivity index (χ0v) is 17.5. The molecule has 0 aliphatic carbocycles. The third-order valence-electron chi connectivity index (χ3n) is 4.32. The van der Waals surface area contributed by atoms with Crippen molar-refractivity contribution in [2.24, 2.45) is 0 Å². The predicted octanol–water partition coefficient (Wildman–Crippen LogP) is 5.49. The Bertz CT molecular complexity index is 799. The minimum Gasteiger partial charge on any atom is -0.493 e. The summed E-state index contributed by atoms with van der Waals surface area (Å²) in [6.45, 7) is 6.47. The molecule has 2 aromatic rings. The first-order chi connectivity index (χ1) is 12.5. The highest BCUT2D eigenvalue weighted by atomic mass is 79.9. The number of carbonyl (C=O) groups is 1. The zero-order chi connectivity index (χ0) is 19.3. The first kappa shape index (κ1) is 20.3. The number of carbonyl (C=O) groups excluding carboxylic acids is 1. The summed E-state index contributed by atoms with van der Waals surface area (Å²) in [5, 5.41) is 0. The van der Waals surface area contributed by atoms with E-state index in [0.717, 1.165) is 28.4 Å². The van der Waals surface area contributed by atoms with E-state index >= 15 is 0 Å². The van der Waals surface area contributed by atoms with E-state index in [0.29, 0.717) is 35.0 Å². The highest BCUT2D eigenvalue weighted by molar-refractivity contribution is 9.10. The molecule has 0 heterocycles. The van der Waals surface area contributed by atoms with Crippen LogP contribution in [-0.2, 0) is 0 Å². The Kier molecular flexibility index (Phi) is 7.09. The minimum absolute atomic E-state index is 0.0891. The number of aryl methyl sites for hydroxylation is 1. The number of ketones is 1. The number of ether oxygens (including phenoxy) is 3. The second-order valence-corrected chi connectivity index (χ2v) is 6.93. The molecule has 4 nitrogen and oxygen atoms in total. The summed E-state index contributed by atoms with van der Waals surface area (Å²) in [5.41, 5.74) is 2.98. The van der Waals surface area contributed by atoms with Gasteiger partial charge >= 0.3 is 0 Å². The molecule has 0 bridgehead atoms. The van der Waals surface area contributed by atoms with Crippen molar-refractivity contribution in [1.82, 2.24) is 0 Å². The minimum atomic E-state index is -0.0891. The maximum Gasteiger partial charge on any atom is 0.204 e. The molecule has 0 aromatic heterocycles. The van der Waals surface area contributed by atoms with E-state index < -0.39 is 0 Å². The van der Waals surface area contributed by atoms with Crippen molar-refractivity contribution in [3.63, 3.8) is 0 Å². The normalized spacial score (nSPS) is 10.5. The van der Waals surface area contributed by atoms with Crippen LogP contribution in [0, 0.1) is 13.8 Å². The SMILES string of the molecule is CCCCOc1c(C(=O)c2c(C)ccc(Br)c2C)ccc(OC)c1OC. The lowest BCUT2D eigenvalue weighted by Crippen LogP contribution is -2.11. The summed E-state index contributed by atoms with van der Waals surface area (Å²) in [6.07, 6.45) is 1.89. The Morgan fingerprint density at radius 3 is 2.38 bits per heavy atom. The number of hydrogen-bond acceptors (Lipinski definition) is 4. The maximum atomic E-state index is 13.4. The average Bonchev–Trinajstić information content (AvgIpc) is 2.64. The predicted molar refractivity (Wildman–Crippen MR) is 107 cm³/mol. The van der Waals surface area contributed by atoms with Gasteiger partial charge in [-0.2, -0.15) is 0 Å². The van der Waals surface area contributed by atoms with Gasteiger partial charge in [-0.15, -0.1) is 0 Å². The Balaban J connectivity index is 2.61. The molecule has 0 atom stereocenters. The van der Waals surface area contributed by atoms with Gasteiger partial charge in [0.1, 0.15) is 0 Å². The average molecular weight is 421 g/mol. The van der Waals surface area contributed by atoms with E-state index in [1.165, 1.54) is 0 Å². The van der Waals surface area contributed by atoms with E-state index in [1.807, 2.05) is 26.0 Å². The van der Waals surface area contributed by atoms with Crippen LogP contribution in [0.15, 0.2) is 28.7 Å². The molecule has 0 fully saturated rings. The van der Waals surface area contributed by atoms with E-state index in [4.69, 9.17) is 14.2 Å². The molecule has 0 unspecified atom stereocenters. The van der Waals surface area contributed by atoms with Gasteiger partial charge in [-0.1, -0.05) is 35.3 Å². The third-order valence-corrected chi connectivity index (χ3v) is 5.18. The van der Waals surface area contributed by atoms with E-state index in [2.05, 4.69) is 22.9 Å². The van der Waals surface area contributed by atoms with Crippen molar-refractivity contribution in [3.8, 4) is 17.2 Å². The highest BCUT2D eigenvalue weighted by Gasteiger charge is 2.24. The molecule has 0 saturated carbocycles. The van der Waals surface area contributed by atoms with Gasteiger partial charge in [-0.25, -0.2) is 0 Å². The quantitative estimate of drug-likeness (QED) is 0.418. The van der Waals surface area contributed by atoms with Gasteiger partial charge < -0.3 is 14.2 Å². The number of benzene rings is 2. The molecule has 0 N–H and O–H groups in total. The van der Waals surface area contributed by atoms with Crippen molar-refractivity contribution >= 4 is 21.7 Å². The molecule has 5 heteroatoms. The van der Waals surface area contributed by atoms with E-state index in [-0.39, 0.29) is 5.78 Å². The summed E-state index contributed by atoms with van der Waals surface area (Å²) in [4.78, 5) is 13.4.